The summed E-state index contributed by atoms with van der Waals surface area (Å²) in [5, 5.41) is 16.1. The van der Waals surface area contributed by atoms with Crippen LogP contribution in [0.1, 0.15) is 17.3 Å². The van der Waals surface area contributed by atoms with Gasteiger partial charge < -0.3 is 10.6 Å². The molecule has 2 N–H and O–H groups in total. The lowest BCUT2D eigenvalue weighted by atomic mass is 10.1. The van der Waals surface area contributed by atoms with Crippen LogP contribution in [0.15, 0.2) is 36.4 Å². The van der Waals surface area contributed by atoms with Gasteiger partial charge in [-0.3, -0.25) is 19.7 Å². The summed E-state index contributed by atoms with van der Waals surface area (Å²) in [6.45, 7) is 1.37. The monoisotopic (exact) mass is 367 g/mol. The molecular weight excluding hydrogens is 357 g/mol. The summed E-state index contributed by atoms with van der Waals surface area (Å²) in [4.78, 5) is 33.6. The fourth-order valence-corrected chi connectivity index (χ4v) is 2.53. The average Bonchev–Trinajstić information content (AvgIpc) is 2.47. The second-order valence-corrected chi connectivity index (χ2v) is 5.60. The van der Waals surface area contributed by atoms with Gasteiger partial charge in [0.2, 0.25) is 5.91 Å². The summed E-state index contributed by atoms with van der Waals surface area (Å²) in [7, 11) is 0. The van der Waals surface area contributed by atoms with E-state index in [1.165, 1.54) is 19.1 Å². The molecule has 124 valence electrons. The number of nitro groups is 1. The zero-order chi connectivity index (χ0) is 17.9. The smallest absolute Gasteiger partial charge is 0.300 e. The van der Waals surface area contributed by atoms with Crippen LogP contribution in [0.5, 0.6) is 0 Å². The molecule has 0 aliphatic heterocycles. The Morgan fingerprint density at radius 2 is 1.58 bits per heavy atom. The molecule has 0 unspecified atom stereocenters. The predicted molar refractivity (Wildman–Crippen MR) is 91.8 cm³/mol. The van der Waals surface area contributed by atoms with Gasteiger partial charge in [0.1, 0.15) is 10.6 Å². The highest BCUT2D eigenvalue weighted by atomic mass is 35.5. The molecule has 7 nitrogen and oxygen atoms in total. The first-order chi connectivity index (χ1) is 11.3. The molecule has 0 atom stereocenters. The van der Waals surface area contributed by atoms with Gasteiger partial charge in [0, 0.05) is 23.3 Å². The van der Waals surface area contributed by atoms with Crippen molar-refractivity contribution in [3.05, 3.63) is 62.1 Å². The summed E-state index contributed by atoms with van der Waals surface area (Å²) in [5.41, 5.74) is 0.175. The number of rotatable bonds is 4. The summed E-state index contributed by atoms with van der Waals surface area (Å²) in [6.07, 6.45) is 0. The third kappa shape index (κ3) is 4.21. The van der Waals surface area contributed by atoms with Crippen LogP contribution < -0.4 is 10.6 Å². The molecule has 0 fully saturated rings. The molecule has 0 radical (unpaired) electrons. The highest BCUT2D eigenvalue weighted by Crippen LogP contribution is 2.32. The Morgan fingerprint density at radius 1 is 1.04 bits per heavy atom. The summed E-state index contributed by atoms with van der Waals surface area (Å²) >= 11 is 11.6. The van der Waals surface area contributed by atoms with E-state index in [0.29, 0.717) is 11.4 Å². The summed E-state index contributed by atoms with van der Waals surface area (Å²) in [5.74, 6) is -0.950. The van der Waals surface area contributed by atoms with Crippen LogP contribution in [0.2, 0.25) is 10.0 Å². The van der Waals surface area contributed by atoms with Gasteiger partial charge in [0.25, 0.3) is 5.91 Å². The number of benzene rings is 2. The van der Waals surface area contributed by atoms with Gasteiger partial charge in [0.15, 0.2) is 0 Å². The normalized spacial score (nSPS) is 10.1. The van der Waals surface area contributed by atoms with Crippen LogP contribution in [-0.2, 0) is 4.79 Å². The van der Waals surface area contributed by atoms with E-state index >= 15 is 0 Å². The molecule has 2 rings (SSSR count). The van der Waals surface area contributed by atoms with Gasteiger partial charge in [-0.15, -0.1) is 0 Å². The standard InChI is InChI=1S/C15H11Cl2N3O4/c1-8(21)18-10-2-4-11(5-3-10)19-15(22)12-6-9(16)7-13(17)14(12)20(23)24/h2-7H,1H3,(H,18,21)(H,19,22). The molecule has 0 aromatic heterocycles. The number of nitrogens with zero attached hydrogens (tertiary/aromatic N) is 1. The third-order valence-electron chi connectivity index (χ3n) is 2.92. The van der Waals surface area contributed by atoms with Crippen molar-refractivity contribution in [2.24, 2.45) is 0 Å². The number of halogens is 2. The van der Waals surface area contributed by atoms with Crippen LogP contribution in [0.25, 0.3) is 0 Å². The minimum absolute atomic E-state index is 0.108. The van der Waals surface area contributed by atoms with Crippen molar-refractivity contribution in [3.63, 3.8) is 0 Å². The Labute approximate surface area is 146 Å². The van der Waals surface area contributed by atoms with E-state index in [9.17, 15) is 19.7 Å². The Hall–Kier alpha value is -2.64. The number of anilines is 2. The molecule has 0 aliphatic carbocycles. The SMILES string of the molecule is CC(=O)Nc1ccc(NC(=O)c2cc(Cl)cc(Cl)c2[N+](=O)[O-])cc1. The van der Waals surface area contributed by atoms with Crippen molar-refractivity contribution in [1.82, 2.24) is 0 Å². The van der Waals surface area contributed by atoms with Crippen molar-refractivity contribution in [2.45, 2.75) is 6.92 Å². The molecule has 0 saturated carbocycles. The van der Waals surface area contributed by atoms with E-state index in [0.717, 1.165) is 0 Å². The first-order valence-electron chi connectivity index (χ1n) is 6.60. The minimum atomic E-state index is -0.743. The van der Waals surface area contributed by atoms with Gasteiger partial charge >= 0.3 is 5.69 Å². The molecule has 0 bridgehead atoms. The third-order valence-corrected chi connectivity index (χ3v) is 3.42. The van der Waals surface area contributed by atoms with Gasteiger partial charge in [0.05, 0.1) is 4.92 Å². The summed E-state index contributed by atoms with van der Waals surface area (Å²) in [6, 6.07) is 8.61. The number of hydrogen-bond donors (Lipinski definition) is 2. The highest BCUT2D eigenvalue weighted by Gasteiger charge is 2.25. The van der Waals surface area contributed by atoms with Crippen molar-refractivity contribution in [1.29, 1.82) is 0 Å². The molecule has 0 spiro atoms. The van der Waals surface area contributed by atoms with E-state index in [2.05, 4.69) is 10.6 Å². The molecule has 0 heterocycles. The van der Waals surface area contributed by atoms with Gasteiger partial charge in [-0.1, -0.05) is 23.2 Å². The number of carbonyl (C=O) groups excluding carboxylic acids is 2. The number of nitrogens with one attached hydrogen (secondary N) is 2. The first kappa shape index (κ1) is 17.7. The molecule has 0 saturated heterocycles. The molecule has 2 aromatic carbocycles. The molecule has 0 aliphatic rings. The molecule has 24 heavy (non-hydrogen) atoms. The van der Waals surface area contributed by atoms with Crippen molar-refractivity contribution in [3.8, 4) is 0 Å². The zero-order valence-electron chi connectivity index (χ0n) is 12.3. The van der Waals surface area contributed by atoms with Crippen molar-refractivity contribution in [2.75, 3.05) is 10.6 Å². The summed E-state index contributed by atoms with van der Waals surface area (Å²) < 4.78 is 0. The van der Waals surface area contributed by atoms with Crippen LogP contribution in [0.4, 0.5) is 17.1 Å². The maximum atomic E-state index is 12.3. The van der Waals surface area contributed by atoms with Gasteiger partial charge in [-0.25, -0.2) is 0 Å². The molecular formula is C15H11Cl2N3O4. The minimum Gasteiger partial charge on any atom is -0.326 e. The van der Waals surface area contributed by atoms with E-state index in [1.54, 1.807) is 24.3 Å². The van der Waals surface area contributed by atoms with Crippen LogP contribution in [0.3, 0.4) is 0 Å². The first-order valence-corrected chi connectivity index (χ1v) is 7.36. The zero-order valence-corrected chi connectivity index (χ0v) is 13.8. The predicted octanol–water partition coefficient (Wildman–Crippen LogP) is 4.11. The largest absolute Gasteiger partial charge is 0.326 e. The van der Waals surface area contributed by atoms with Crippen LogP contribution in [0, 0.1) is 10.1 Å². The fraction of sp³-hybridized carbons (Fsp3) is 0.0667. The number of carbonyl (C=O) groups is 2. The maximum absolute atomic E-state index is 12.3. The van der Waals surface area contributed by atoms with E-state index in [4.69, 9.17) is 23.2 Å². The fourth-order valence-electron chi connectivity index (χ4n) is 1.96. The highest BCUT2D eigenvalue weighted by molar-refractivity contribution is 6.37. The van der Waals surface area contributed by atoms with Crippen LogP contribution >= 0.6 is 23.2 Å². The second-order valence-electron chi connectivity index (χ2n) is 4.75. The number of amides is 2. The van der Waals surface area contributed by atoms with E-state index < -0.39 is 16.5 Å². The van der Waals surface area contributed by atoms with Gasteiger partial charge in [-0.2, -0.15) is 0 Å². The Kier molecular flexibility index (Phi) is 5.38. The average molecular weight is 368 g/mol. The number of hydrogen-bond acceptors (Lipinski definition) is 4. The number of nitro benzene ring substituents is 1. The van der Waals surface area contributed by atoms with E-state index in [1.807, 2.05) is 0 Å². The second kappa shape index (κ2) is 7.29. The van der Waals surface area contributed by atoms with Crippen molar-refractivity contribution >= 4 is 52.1 Å². The lowest BCUT2D eigenvalue weighted by molar-refractivity contribution is -0.385. The topological polar surface area (TPSA) is 101 Å². The lowest BCUT2D eigenvalue weighted by Gasteiger charge is -2.08. The molecule has 2 amide bonds. The molecule has 2 aromatic rings. The van der Waals surface area contributed by atoms with E-state index in [-0.39, 0.29) is 21.5 Å². The Bertz CT molecular complexity index is 822. The Balaban J connectivity index is 2.27. The molecule has 9 heteroatoms. The quantitative estimate of drug-likeness (QED) is 0.626. The Morgan fingerprint density at radius 3 is 2.08 bits per heavy atom. The van der Waals surface area contributed by atoms with Crippen molar-refractivity contribution < 1.29 is 14.5 Å². The maximum Gasteiger partial charge on any atom is 0.300 e. The van der Waals surface area contributed by atoms with Gasteiger partial charge in [-0.05, 0) is 36.4 Å². The van der Waals surface area contributed by atoms with Crippen LogP contribution in [-0.4, -0.2) is 16.7 Å². The lowest BCUT2D eigenvalue weighted by Crippen LogP contribution is -2.14.